The second kappa shape index (κ2) is 4.76. The van der Waals surface area contributed by atoms with Crippen LogP contribution in [0.5, 0.6) is 0 Å². The third-order valence-electron chi connectivity index (χ3n) is 2.98. The Bertz CT molecular complexity index is 596. The lowest BCUT2D eigenvalue weighted by molar-refractivity contribution is -0.142. The monoisotopic (exact) mass is 291 g/mol. The van der Waals surface area contributed by atoms with Crippen LogP contribution in [0.2, 0.25) is 0 Å². The Balaban J connectivity index is 2.32. The number of para-hydroxylation sites is 1. The fourth-order valence-corrected chi connectivity index (χ4v) is 2.84. The van der Waals surface area contributed by atoms with Gasteiger partial charge in [-0.3, -0.25) is 4.79 Å². The molecule has 19 heavy (non-hydrogen) atoms. The number of rotatable bonds is 4. The fourth-order valence-electron chi connectivity index (χ4n) is 1.89. The topological polar surface area (TPSA) is 74.7 Å². The van der Waals surface area contributed by atoms with Crippen LogP contribution in [0.1, 0.15) is 0 Å². The summed E-state index contributed by atoms with van der Waals surface area (Å²) in [6.45, 7) is 0.232. The van der Waals surface area contributed by atoms with Crippen molar-refractivity contribution in [3.8, 4) is 0 Å². The molecule has 0 radical (unpaired) electrons. The van der Waals surface area contributed by atoms with E-state index >= 15 is 0 Å². The molecule has 8 heteroatoms. The van der Waals surface area contributed by atoms with Gasteiger partial charge in [-0.15, -0.1) is 0 Å². The average molecular weight is 291 g/mol. The molecule has 1 saturated heterocycles. The van der Waals surface area contributed by atoms with E-state index in [9.17, 15) is 22.0 Å². The molecular weight excluding hydrogens is 280 g/mol. The Morgan fingerprint density at radius 3 is 2.42 bits per heavy atom. The molecule has 0 aliphatic carbocycles. The van der Waals surface area contributed by atoms with Crippen LogP contribution in [0.25, 0.3) is 0 Å². The first kappa shape index (κ1) is 13.7. The third-order valence-corrected chi connectivity index (χ3v) is 4.41. The maximum atomic E-state index is 12.6. The molecule has 1 N–H and O–H groups in total. The quantitative estimate of drug-likeness (QED) is 0.902. The smallest absolute Gasteiger partial charge is 0.341 e. The lowest BCUT2D eigenvalue weighted by Gasteiger charge is -2.39. The summed E-state index contributed by atoms with van der Waals surface area (Å²) in [6.07, 6.45) is 0. The number of hydrogen-bond donors (Lipinski definition) is 1. The number of carboxylic acid groups (broad SMARTS) is 1. The molecule has 0 saturated carbocycles. The Labute approximate surface area is 108 Å². The number of anilines is 1. The molecule has 1 aliphatic rings. The van der Waals surface area contributed by atoms with E-state index in [4.69, 9.17) is 5.11 Å². The van der Waals surface area contributed by atoms with E-state index in [1.54, 1.807) is 0 Å². The number of hydrogen-bond acceptors (Lipinski definition) is 4. The molecule has 0 amide bonds. The van der Waals surface area contributed by atoms with Gasteiger partial charge in [0.05, 0.1) is 16.5 Å². The van der Waals surface area contributed by atoms with Gasteiger partial charge in [0, 0.05) is 13.1 Å². The van der Waals surface area contributed by atoms with E-state index in [-0.39, 0.29) is 18.8 Å². The van der Waals surface area contributed by atoms with E-state index in [1.165, 1.54) is 23.1 Å². The van der Waals surface area contributed by atoms with Gasteiger partial charge in [-0.25, -0.2) is 8.42 Å². The van der Waals surface area contributed by atoms with Crippen LogP contribution < -0.4 is 4.90 Å². The van der Waals surface area contributed by atoms with Gasteiger partial charge in [0.1, 0.15) is 0 Å². The molecule has 2 rings (SSSR count). The number of alkyl halides is 2. The minimum Gasteiger partial charge on any atom is -0.481 e. The van der Waals surface area contributed by atoms with E-state index in [0.29, 0.717) is 0 Å². The summed E-state index contributed by atoms with van der Waals surface area (Å²) in [7, 11) is -4.69. The highest BCUT2D eigenvalue weighted by molar-refractivity contribution is 7.91. The SMILES string of the molecule is O=C(O)C1CN(c2ccccc2S(=O)(=O)C(F)F)C1. The zero-order valence-corrected chi connectivity index (χ0v) is 10.5. The summed E-state index contributed by atoms with van der Waals surface area (Å²) in [4.78, 5) is 11.7. The number of benzene rings is 1. The summed E-state index contributed by atoms with van der Waals surface area (Å²) in [5, 5.41) is 8.75. The summed E-state index contributed by atoms with van der Waals surface area (Å²) in [5.41, 5.74) is 0.125. The second-order valence-corrected chi connectivity index (χ2v) is 6.10. The molecule has 0 bridgehead atoms. The van der Waals surface area contributed by atoms with E-state index in [1.807, 2.05) is 0 Å². The average Bonchev–Trinajstić information content (AvgIpc) is 2.26. The predicted octanol–water partition coefficient (Wildman–Crippen LogP) is 1.20. The van der Waals surface area contributed by atoms with Gasteiger partial charge in [0.15, 0.2) is 0 Å². The van der Waals surface area contributed by atoms with Gasteiger partial charge >= 0.3 is 11.7 Å². The Morgan fingerprint density at radius 1 is 1.32 bits per heavy atom. The molecule has 104 valence electrons. The van der Waals surface area contributed by atoms with Crippen molar-refractivity contribution in [3.63, 3.8) is 0 Å². The highest BCUT2D eigenvalue weighted by Gasteiger charge is 2.37. The number of sulfone groups is 1. The number of halogens is 2. The lowest BCUT2D eigenvalue weighted by atomic mass is 10.00. The molecule has 5 nitrogen and oxygen atoms in total. The van der Waals surface area contributed by atoms with Crippen LogP contribution in [-0.2, 0) is 14.6 Å². The zero-order chi connectivity index (χ0) is 14.2. The standard InChI is InChI=1S/C11H11F2NO4S/c12-11(13)19(17,18)9-4-2-1-3-8(9)14-5-7(6-14)10(15)16/h1-4,7,11H,5-6H2,(H,15,16). The van der Waals surface area contributed by atoms with Crippen LogP contribution in [0, 0.1) is 5.92 Å². The fraction of sp³-hybridized carbons (Fsp3) is 0.364. The minimum absolute atomic E-state index is 0.116. The molecule has 1 aliphatic heterocycles. The van der Waals surface area contributed by atoms with Crippen molar-refractivity contribution in [1.82, 2.24) is 0 Å². The Kier molecular flexibility index (Phi) is 3.44. The zero-order valence-electron chi connectivity index (χ0n) is 9.66. The Hall–Kier alpha value is -1.70. The van der Waals surface area contributed by atoms with Crippen molar-refractivity contribution in [2.75, 3.05) is 18.0 Å². The molecule has 1 heterocycles. The van der Waals surface area contributed by atoms with Gasteiger partial charge in [-0.05, 0) is 12.1 Å². The summed E-state index contributed by atoms with van der Waals surface area (Å²) < 4.78 is 48.2. The van der Waals surface area contributed by atoms with Crippen LogP contribution >= 0.6 is 0 Å². The van der Waals surface area contributed by atoms with Crippen molar-refractivity contribution in [2.45, 2.75) is 10.7 Å². The Morgan fingerprint density at radius 2 is 1.89 bits per heavy atom. The van der Waals surface area contributed by atoms with Crippen molar-refractivity contribution < 1.29 is 27.1 Å². The van der Waals surface area contributed by atoms with Crippen molar-refractivity contribution >= 4 is 21.5 Å². The van der Waals surface area contributed by atoms with E-state index < -0.39 is 32.4 Å². The van der Waals surface area contributed by atoms with Crippen molar-refractivity contribution in [2.24, 2.45) is 5.92 Å². The molecular formula is C11H11F2NO4S. The largest absolute Gasteiger partial charge is 0.481 e. The molecule has 1 aromatic rings. The highest BCUT2D eigenvalue weighted by Crippen LogP contribution is 2.33. The van der Waals surface area contributed by atoms with Crippen LogP contribution in [-0.4, -0.2) is 38.3 Å². The minimum atomic E-state index is -4.69. The lowest BCUT2D eigenvalue weighted by Crippen LogP contribution is -2.50. The number of aliphatic carboxylic acids is 1. The van der Waals surface area contributed by atoms with Crippen LogP contribution in [0.15, 0.2) is 29.2 Å². The second-order valence-electron chi connectivity index (χ2n) is 4.21. The number of carboxylic acids is 1. The summed E-state index contributed by atoms with van der Waals surface area (Å²) in [5.74, 6) is -5.07. The van der Waals surface area contributed by atoms with Crippen LogP contribution in [0.3, 0.4) is 0 Å². The molecule has 0 unspecified atom stereocenters. The van der Waals surface area contributed by atoms with E-state index in [0.717, 1.165) is 6.07 Å². The first-order valence-electron chi connectivity index (χ1n) is 5.43. The normalized spacial score (nSPS) is 16.5. The molecule has 0 aromatic heterocycles. The van der Waals surface area contributed by atoms with Crippen LogP contribution in [0.4, 0.5) is 14.5 Å². The van der Waals surface area contributed by atoms with E-state index in [2.05, 4.69) is 0 Å². The number of nitrogens with zero attached hydrogens (tertiary/aromatic N) is 1. The van der Waals surface area contributed by atoms with Gasteiger partial charge in [0.2, 0.25) is 9.84 Å². The maximum Gasteiger partial charge on any atom is 0.341 e. The summed E-state index contributed by atoms with van der Waals surface area (Å²) >= 11 is 0. The third kappa shape index (κ3) is 2.40. The van der Waals surface area contributed by atoms with Gasteiger partial charge < -0.3 is 10.0 Å². The van der Waals surface area contributed by atoms with Gasteiger partial charge in [-0.1, -0.05) is 12.1 Å². The highest BCUT2D eigenvalue weighted by atomic mass is 32.2. The predicted molar refractivity (Wildman–Crippen MR) is 63.0 cm³/mol. The number of carbonyl (C=O) groups is 1. The van der Waals surface area contributed by atoms with Gasteiger partial charge in [-0.2, -0.15) is 8.78 Å². The molecule has 1 aromatic carbocycles. The molecule has 0 spiro atoms. The van der Waals surface area contributed by atoms with Gasteiger partial charge in [0.25, 0.3) is 0 Å². The van der Waals surface area contributed by atoms with Crippen molar-refractivity contribution in [1.29, 1.82) is 0 Å². The molecule has 0 atom stereocenters. The van der Waals surface area contributed by atoms with Crippen molar-refractivity contribution in [3.05, 3.63) is 24.3 Å². The summed E-state index contributed by atoms with van der Waals surface area (Å²) in [6, 6.07) is 5.37. The molecule has 1 fully saturated rings. The first-order chi connectivity index (χ1) is 8.84. The first-order valence-corrected chi connectivity index (χ1v) is 6.97. The maximum absolute atomic E-state index is 12.6.